The van der Waals surface area contributed by atoms with Gasteiger partial charge in [-0.05, 0) is 69.0 Å². The number of hydrogen-bond donors (Lipinski definition) is 0. The molecule has 2 aromatic rings. The van der Waals surface area contributed by atoms with Gasteiger partial charge in [0, 0.05) is 13.1 Å². The van der Waals surface area contributed by atoms with Gasteiger partial charge in [-0.1, -0.05) is 35.9 Å². The topological polar surface area (TPSA) is 66.9 Å². The monoisotopic (exact) mass is 520 g/mol. The van der Waals surface area contributed by atoms with Crippen LogP contribution in [0.15, 0.2) is 45.8 Å². The largest absolute Gasteiger partial charge is 0.494 e. The third kappa shape index (κ3) is 4.51. The number of thioether (sulfide) groups is 1. The average Bonchev–Trinajstić information content (AvgIpc) is 3.00. The van der Waals surface area contributed by atoms with Gasteiger partial charge in [0.15, 0.2) is 5.75 Å². The molecule has 0 bridgehead atoms. The van der Waals surface area contributed by atoms with Crippen molar-refractivity contribution in [1.82, 2.24) is 9.80 Å². The molecule has 0 atom stereocenters. The number of rotatable bonds is 4. The molecule has 0 aliphatic carbocycles. The molecule has 3 amide bonds. The standard InChI is InChI=1S/C22H18BrClN2O4S/c1-30-20-16(23)8-13(9-17(20)24)10-18-21(28)26(22(29)31-18)12-19(27)25-7-6-14-4-2-3-5-15(14)11-25/h2-5,8-10H,6-7,11-12H2,1H3/b18-10-. The van der Waals surface area contributed by atoms with Crippen LogP contribution in [0.5, 0.6) is 5.75 Å². The zero-order valence-corrected chi connectivity index (χ0v) is 19.7. The Balaban J connectivity index is 1.48. The number of halogens is 2. The number of benzene rings is 2. The molecule has 2 aliphatic rings. The van der Waals surface area contributed by atoms with E-state index in [-0.39, 0.29) is 17.4 Å². The molecule has 0 radical (unpaired) electrons. The van der Waals surface area contributed by atoms with Crippen molar-refractivity contribution in [2.75, 3.05) is 20.2 Å². The quantitative estimate of drug-likeness (QED) is 0.544. The zero-order valence-electron chi connectivity index (χ0n) is 16.6. The normalized spacial score (nSPS) is 17.3. The highest BCUT2D eigenvalue weighted by Crippen LogP contribution is 2.37. The van der Waals surface area contributed by atoms with E-state index in [2.05, 4.69) is 22.0 Å². The van der Waals surface area contributed by atoms with Crippen LogP contribution in [0, 0.1) is 0 Å². The summed E-state index contributed by atoms with van der Waals surface area (Å²) in [5, 5.41) is -0.0800. The Morgan fingerprint density at radius 2 is 2.00 bits per heavy atom. The minimum atomic E-state index is -0.483. The van der Waals surface area contributed by atoms with Gasteiger partial charge in [0.25, 0.3) is 11.1 Å². The van der Waals surface area contributed by atoms with Crippen LogP contribution in [0.2, 0.25) is 5.02 Å². The first-order chi connectivity index (χ1) is 14.9. The van der Waals surface area contributed by atoms with Crippen LogP contribution >= 0.6 is 39.3 Å². The molecule has 2 aliphatic heterocycles. The van der Waals surface area contributed by atoms with E-state index in [4.69, 9.17) is 16.3 Å². The number of hydrogen-bond acceptors (Lipinski definition) is 5. The smallest absolute Gasteiger partial charge is 0.294 e. The van der Waals surface area contributed by atoms with Crippen molar-refractivity contribution >= 4 is 62.4 Å². The predicted octanol–water partition coefficient (Wildman–Crippen LogP) is 4.73. The molecule has 0 unspecified atom stereocenters. The van der Waals surface area contributed by atoms with E-state index in [9.17, 15) is 14.4 Å². The summed E-state index contributed by atoms with van der Waals surface area (Å²) < 4.78 is 5.84. The van der Waals surface area contributed by atoms with E-state index in [0.29, 0.717) is 33.9 Å². The van der Waals surface area contributed by atoms with Crippen LogP contribution in [0.1, 0.15) is 16.7 Å². The highest BCUT2D eigenvalue weighted by Gasteiger charge is 2.37. The van der Waals surface area contributed by atoms with Gasteiger partial charge < -0.3 is 9.64 Å². The second kappa shape index (κ2) is 9.06. The molecule has 0 N–H and O–H groups in total. The van der Waals surface area contributed by atoms with Crippen LogP contribution in [0.25, 0.3) is 6.08 Å². The summed E-state index contributed by atoms with van der Waals surface area (Å²) >= 11 is 10.4. The van der Waals surface area contributed by atoms with Crippen molar-refractivity contribution in [1.29, 1.82) is 0 Å². The summed E-state index contributed by atoms with van der Waals surface area (Å²) in [5.74, 6) is -0.238. The fourth-order valence-electron chi connectivity index (χ4n) is 3.59. The molecule has 2 aromatic carbocycles. The lowest BCUT2D eigenvalue weighted by molar-refractivity contribution is -0.136. The molecule has 6 nitrogen and oxygen atoms in total. The Labute approximate surface area is 197 Å². The number of carbonyl (C=O) groups excluding carboxylic acids is 3. The Morgan fingerprint density at radius 1 is 1.26 bits per heavy atom. The van der Waals surface area contributed by atoms with Gasteiger partial charge in [-0.2, -0.15) is 0 Å². The van der Waals surface area contributed by atoms with E-state index in [0.717, 1.165) is 28.6 Å². The second-order valence-electron chi connectivity index (χ2n) is 7.12. The van der Waals surface area contributed by atoms with Gasteiger partial charge in [0.2, 0.25) is 5.91 Å². The Bertz CT molecular complexity index is 1100. The van der Waals surface area contributed by atoms with Crippen molar-refractivity contribution < 1.29 is 19.1 Å². The van der Waals surface area contributed by atoms with E-state index in [1.807, 2.05) is 18.2 Å². The number of methoxy groups -OCH3 is 1. The summed E-state index contributed by atoms with van der Waals surface area (Å²) in [7, 11) is 1.51. The molecular formula is C22H18BrClN2O4S. The number of imide groups is 1. The highest BCUT2D eigenvalue weighted by atomic mass is 79.9. The van der Waals surface area contributed by atoms with E-state index in [1.165, 1.54) is 12.7 Å². The number of carbonyl (C=O) groups is 3. The maximum atomic E-state index is 12.8. The SMILES string of the molecule is COc1c(Cl)cc(/C=C2\SC(=O)N(CC(=O)N3CCc4ccccc4C3)C2=O)cc1Br. The second-order valence-corrected chi connectivity index (χ2v) is 9.37. The molecular weight excluding hydrogens is 504 g/mol. The van der Waals surface area contributed by atoms with Crippen LogP contribution in [-0.4, -0.2) is 47.1 Å². The lowest BCUT2D eigenvalue weighted by Crippen LogP contribution is -2.44. The summed E-state index contributed by atoms with van der Waals surface area (Å²) in [6, 6.07) is 11.4. The summed E-state index contributed by atoms with van der Waals surface area (Å²) in [6.07, 6.45) is 2.35. The van der Waals surface area contributed by atoms with Crippen molar-refractivity contribution in [2.45, 2.75) is 13.0 Å². The van der Waals surface area contributed by atoms with Crippen molar-refractivity contribution in [3.8, 4) is 5.75 Å². The van der Waals surface area contributed by atoms with Crippen molar-refractivity contribution in [3.05, 3.63) is 67.5 Å². The van der Waals surface area contributed by atoms with Gasteiger partial charge in [-0.25, -0.2) is 0 Å². The van der Waals surface area contributed by atoms with E-state index >= 15 is 0 Å². The molecule has 31 heavy (non-hydrogen) atoms. The maximum absolute atomic E-state index is 12.8. The van der Waals surface area contributed by atoms with Gasteiger partial charge in [0.05, 0.1) is 21.5 Å². The van der Waals surface area contributed by atoms with E-state index in [1.54, 1.807) is 23.1 Å². The Morgan fingerprint density at radius 3 is 2.71 bits per heavy atom. The van der Waals surface area contributed by atoms with Crippen LogP contribution < -0.4 is 4.74 Å². The summed E-state index contributed by atoms with van der Waals surface area (Å²) in [6.45, 7) is 0.789. The van der Waals surface area contributed by atoms with Crippen molar-refractivity contribution in [3.63, 3.8) is 0 Å². The molecule has 0 saturated carbocycles. The third-order valence-corrected chi connectivity index (χ3v) is 6.95. The fraction of sp³-hybridized carbons (Fsp3) is 0.227. The van der Waals surface area contributed by atoms with Gasteiger partial charge in [-0.15, -0.1) is 0 Å². The molecule has 2 heterocycles. The first-order valence-electron chi connectivity index (χ1n) is 9.50. The first kappa shape index (κ1) is 21.9. The lowest BCUT2D eigenvalue weighted by Gasteiger charge is -2.29. The molecule has 1 saturated heterocycles. The van der Waals surface area contributed by atoms with E-state index < -0.39 is 11.1 Å². The average molecular weight is 522 g/mol. The molecule has 160 valence electrons. The van der Waals surface area contributed by atoms with Crippen LogP contribution in [0.4, 0.5) is 4.79 Å². The van der Waals surface area contributed by atoms with Crippen molar-refractivity contribution in [2.24, 2.45) is 0 Å². The minimum absolute atomic E-state index is 0.242. The molecule has 9 heteroatoms. The molecule has 0 spiro atoms. The lowest BCUT2D eigenvalue weighted by atomic mass is 10.00. The van der Waals surface area contributed by atoms with Gasteiger partial charge in [-0.3, -0.25) is 19.3 Å². The van der Waals surface area contributed by atoms with Gasteiger partial charge >= 0.3 is 0 Å². The number of ether oxygens (including phenoxy) is 1. The number of amides is 3. The molecule has 4 rings (SSSR count). The fourth-order valence-corrected chi connectivity index (χ4v) is 5.49. The summed E-state index contributed by atoms with van der Waals surface area (Å²) in [5.41, 5.74) is 2.96. The molecule has 1 fully saturated rings. The summed E-state index contributed by atoms with van der Waals surface area (Å²) in [4.78, 5) is 41.0. The Kier molecular flexibility index (Phi) is 6.41. The molecule has 0 aromatic heterocycles. The number of fused-ring (bicyclic) bond motifs is 1. The van der Waals surface area contributed by atoms with Crippen LogP contribution in [0.3, 0.4) is 0 Å². The van der Waals surface area contributed by atoms with Crippen LogP contribution in [-0.2, 0) is 22.6 Å². The maximum Gasteiger partial charge on any atom is 0.294 e. The third-order valence-electron chi connectivity index (χ3n) is 5.17. The zero-order chi connectivity index (χ0) is 22.1. The predicted molar refractivity (Wildman–Crippen MR) is 124 cm³/mol. The number of nitrogens with zero attached hydrogens (tertiary/aromatic N) is 2. The first-order valence-corrected chi connectivity index (χ1v) is 11.5. The highest BCUT2D eigenvalue weighted by molar-refractivity contribution is 9.10. The van der Waals surface area contributed by atoms with Gasteiger partial charge in [0.1, 0.15) is 6.54 Å². The Hall–Kier alpha value is -2.29. The minimum Gasteiger partial charge on any atom is -0.494 e.